The number of rotatable bonds is 4. The zero-order valence-corrected chi connectivity index (χ0v) is 20.4. The summed E-state index contributed by atoms with van der Waals surface area (Å²) in [5.41, 5.74) is 5.37. The zero-order valence-electron chi connectivity index (χ0n) is 19.6. The smallest absolute Gasteiger partial charge is 0.269 e. The number of hydrogen-bond acceptors (Lipinski definition) is 4. The van der Waals surface area contributed by atoms with Gasteiger partial charge in [-0.1, -0.05) is 24.3 Å². The lowest BCUT2D eigenvalue weighted by Crippen LogP contribution is -2.50. The molecule has 2 aliphatic heterocycles. The normalized spacial score (nSPS) is 19.0. The van der Waals surface area contributed by atoms with Crippen molar-refractivity contribution in [2.45, 2.75) is 25.6 Å². The summed E-state index contributed by atoms with van der Waals surface area (Å²) in [6.45, 7) is 5.65. The number of fused-ring (bicyclic) bond motifs is 2. The lowest BCUT2D eigenvalue weighted by atomic mass is 10.0. The SMILES string of the molecule is Cc1ccc(NC(=O)CN2C(=O)C3(SCC(=O)N3c3ccc(F)cc3)c3cccc(C)c32)cc1C. The van der Waals surface area contributed by atoms with Gasteiger partial charge in [0.25, 0.3) is 5.91 Å². The van der Waals surface area contributed by atoms with E-state index in [9.17, 15) is 18.8 Å². The van der Waals surface area contributed by atoms with E-state index < -0.39 is 10.7 Å². The third-order valence-corrected chi connectivity index (χ3v) is 7.94. The Labute approximate surface area is 207 Å². The Balaban J connectivity index is 1.53. The molecule has 3 aromatic rings. The molecule has 3 amide bonds. The monoisotopic (exact) mass is 489 g/mol. The van der Waals surface area contributed by atoms with Crippen LogP contribution in [0.2, 0.25) is 0 Å². The summed E-state index contributed by atoms with van der Waals surface area (Å²) in [6, 6.07) is 16.7. The molecule has 1 spiro atoms. The number of anilines is 3. The van der Waals surface area contributed by atoms with Gasteiger partial charge in [0.1, 0.15) is 12.4 Å². The molecule has 0 radical (unpaired) electrons. The van der Waals surface area contributed by atoms with Gasteiger partial charge in [-0.15, -0.1) is 11.8 Å². The highest BCUT2D eigenvalue weighted by molar-refractivity contribution is 8.02. The Hall–Kier alpha value is -3.65. The van der Waals surface area contributed by atoms with Gasteiger partial charge in [0.05, 0.1) is 11.4 Å². The number of benzene rings is 3. The van der Waals surface area contributed by atoms with Crippen LogP contribution in [0.4, 0.5) is 21.5 Å². The third kappa shape index (κ3) is 3.69. The molecule has 2 heterocycles. The molecular formula is C27H24FN3O3S. The number of halogens is 1. The summed E-state index contributed by atoms with van der Waals surface area (Å²) in [4.78, 5) is 41.7. The van der Waals surface area contributed by atoms with E-state index in [1.165, 1.54) is 45.8 Å². The molecule has 1 saturated heterocycles. The molecule has 0 aromatic heterocycles. The van der Waals surface area contributed by atoms with Crippen molar-refractivity contribution >= 4 is 46.5 Å². The molecule has 1 fully saturated rings. The second-order valence-corrected chi connectivity index (χ2v) is 10.0. The maximum absolute atomic E-state index is 14.1. The molecule has 5 rings (SSSR count). The number of nitrogens with one attached hydrogen (secondary N) is 1. The minimum atomic E-state index is -1.35. The molecule has 3 aromatic carbocycles. The fraction of sp³-hybridized carbons (Fsp3) is 0.222. The molecule has 6 nitrogen and oxygen atoms in total. The average molecular weight is 490 g/mol. The van der Waals surface area contributed by atoms with Gasteiger partial charge in [-0.3, -0.25) is 24.2 Å². The van der Waals surface area contributed by atoms with Crippen molar-refractivity contribution in [2.75, 3.05) is 27.4 Å². The van der Waals surface area contributed by atoms with Crippen LogP contribution in [0.5, 0.6) is 0 Å². The van der Waals surface area contributed by atoms with Crippen LogP contribution in [-0.4, -0.2) is 30.0 Å². The number of amides is 3. The molecule has 8 heteroatoms. The van der Waals surface area contributed by atoms with Gasteiger partial charge >= 0.3 is 0 Å². The Kier molecular flexibility index (Phi) is 5.63. The van der Waals surface area contributed by atoms with Crippen molar-refractivity contribution in [1.82, 2.24) is 0 Å². The number of nitrogens with zero attached hydrogens (tertiary/aromatic N) is 2. The number of aryl methyl sites for hydroxylation is 3. The van der Waals surface area contributed by atoms with Crippen LogP contribution in [0.3, 0.4) is 0 Å². The second kappa shape index (κ2) is 8.53. The molecule has 0 aliphatic carbocycles. The average Bonchev–Trinajstić information content (AvgIpc) is 3.28. The van der Waals surface area contributed by atoms with Crippen molar-refractivity contribution in [1.29, 1.82) is 0 Å². The fourth-order valence-electron chi connectivity index (χ4n) is 4.75. The van der Waals surface area contributed by atoms with E-state index in [1.807, 2.05) is 57.2 Å². The van der Waals surface area contributed by atoms with Crippen LogP contribution in [0.25, 0.3) is 0 Å². The highest BCUT2D eigenvalue weighted by Crippen LogP contribution is 2.56. The lowest BCUT2D eigenvalue weighted by Gasteiger charge is -2.33. The number of para-hydroxylation sites is 1. The first kappa shape index (κ1) is 23.1. The van der Waals surface area contributed by atoms with Crippen molar-refractivity contribution < 1.29 is 18.8 Å². The Bertz CT molecular complexity index is 1370. The van der Waals surface area contributed by atoms with Crippen LogP contribution in [-0.2, 0) is 19.3 Å². The van der Waals surface area contributed by atoms with E-state index in [1.54, 1.807) is 0 Å². The molecule has 2 aliphatic rings. The minimum Gasteiger partial charge on any atom is -0.325 e. The largest absolute Gasteiger partial charge is 0.325 e. The van der Waals surface area contributed by atoms with Gasteiger partial charge in [0, 0.05) is 16.9 Å². The highest BCUT2D eigenvalue weighted by atomic mass is 32.2. The van der Waals surface area contributed by atoms with Crippen molar-refractivity contribution in [3.8, 4) is 0 Å². The van der Waals surface area contributed by atoms with Crippen molar-refractivity contribution in [3.63, 3.8) is 0 Å². The maximum atomic E-state index is 14.1. The summed E-state index contributed by atoms with van der Waals surface area (Å²) in [5.74, 6) is -1.28. The van der Waals surface area contributed by atoms with Crippen LogP contribution < -0.4 is 15.1 Å². The Morgan fingerprint density at radius 2 is 1.74 bits per heavy atom. The number of carbonyl (C=O) groups excluding carboxylic acids is 3. The van der Waals surface area contributed by atoms with E-state index in [-0.39, 0.29) is 30.0 Å². The van der Waals surface area contributed by atoms with Gasteiger partial charge in [0.2, 0.25) is 16.7 Å². The van der Waals surface area contributed by atoms with Gasteiger partial charge in [-0.05, 0) is 73.9 Å². The molecule has 1 unspecified atom stereocenters. The number of thioether (sulfide) groups is 1. The predicted octanol–water partition coefficient (Wildman–Crippen LogP) is 4.67. The first-order valence-corrected chi connectivity index (χ1v) is 12.2. The zero-order chi connectivity index (χ0) is 24.9. The van der Waals surface area contributed by atoms with Gasteiger partial charge in [0.15, 0.2) is 0 Å². The maximum Gasteiger partial charge on any atom is 0.269 e. The Morgan fingerprint density at radius 3 is 2.46 bits per heavy atom. The summed E-state index contributed by atoms with van der Waals surface area (Å²) < 4.78 is 13.6. The molecule has 1 N–H and O–H groups in total. The highest BCUT2D eigenvalue weighted by Gasteiger charge is 2.61. The lowest BCUT2D eigenvalue weighted by molar-refractivity contribution is -0.124. The Morgan fingerprint density at radius 1 is 1.00 bits per heavy atom. The summed E-state index contributed by atoms with van der Waals surface area (Å²) in [6.07, 6.45) is 0. The number of carbonyl (C=O) groups is 3. The fourth-order valence-corrected chi connectivity index (χ4v) is 6.10. The van der Waals surface area contributed by atoms with Crippen molar-refractivity contribution in [2.24, 2.45) is 0 Å². The van der Waals surface area contributed by atoms with Crippen LogP contribution in [0.15, 0.2) is 60.7 Å². The summed E-state index contributed by atoms with van der Waals surface area (Å²) in [7, 11) is 0. The standard InChI is InChI=1S/C27H24FN3O3S/c1-16-7-10-20(13-18(16)3)29-23(32)14-30-25-17(2)5-4-6-22(25)27(26(30)34)31(24(33)15-35-27)21-11-8-19(28)9-12-21/h4-13H,14-15H2,1-3H3,(H,29,32). The molecule has 178 valence electrons. The van der Waals surface area contributed by atoms with E-state index in [2.05, 4.69) is 5.32 Å². The van der Waals surface area contributed by atoms with E-state index in [0.717, 1.165) is 16.7 Å². The first-order valence-electron chi connectivity index (χ1n) is 11.2. The third-order valence-electron chi connectivity index (χ3n) is 6.55. The molecular weight excluding hydrogens is 465 g/mol. The van der Waals surface area contributed by atoms with Gasteiger partial charge in [-0.2, -0.15) is 0 Å². The molecule has 1 atom stereocenters. The van der Waals surface area contributed by atoms with Gasteiger partial charge in [-0.25, -0.2) is 4.39 Å². The van der Waals surface area contributed by atoms with Crippen LogP contribution in [0.1, 0.15) is 22.3 Å². The van der Waals surface area contributed by atoms with E-state index in [4.69, 9.17) is 0 Å². The quantitative estimate of drug-likeness (QED) is 0.578. The summed E-state index contributed by atoms with van der Waals surface area (Å²) >= 11 is 1.23. The van der Waals surface area contributed by atoms with Crippen LogP contribution >= 0.6 is 11.8 Å². The second-order valence-electron chi connectivity index (χ2n) is 8.85. The molecule has 35 heavy (non-hydrogen) atoms. The molecule has 0 bridgehead atoms. The summed E-state index contributed by atoms with van der Waals surface area (Å²) in [5, 5.41) is 2.88. The molecule has 0 saturated carbocycles. The minimum absolute atomic E-state index is 0.0964. The van der Waals surface area contributed by atoms with E-state index in [0.29, 0.717) is 22.6 Å². The topological polar surface area (TPSA) is 69.7 Å². The first-order chi connectivity index (χ1) is 16.7. The number of hydrogen-bond donors (Lipinski definition) is 1. The van der Waals surface area contributed by atoms with E-state index >= 15 is 0 Å². The van der Waals surface area contributed by atoms with Gasteiger partial charge < -0.3 is 5.32 Å². The predicted molar refractivity (Wildman–Crippen MR) is 136 cm³/mol. The van der Waals surface area contributed by atoms with Crippen molar-refractivity contribution in [3.05, 3.63) is 88.7 Å². The van der Waals surface area contributed by atoms with Crippen LogP contribution in [0, 0.1) is 26.6 Å².